The molecule has 98 valence electrons. The number of amides is 1. The van der Waals surface area contributed by atoms with Crippen molar-refractivity contribution in [2.45, 2.75) is 0 Å². The smallest absolute Gasteiger partial charge is 0.274 e. The lowest BCUT2D eigenvalue weighted by atomic mass is 10.3. The maximum absolute atomic E-state index is 12.0. The Labute approximate surface area is 124 Å². The van der Waals surface area contributed by atoms with E-state index in [-0.39, 0.29) is 5.91 Å². The van der Waals surface area contributed by atoms with Crippen LogP contribution < -0.4 is 10.6 Å². The average molecular weight is 341 g/mol. The zero-order valence-electron chi connectivity index (χ0n) is 10.1. The number of carbonyl (C=O) groups is 1. The van der Waals surface area contributed by atoms with Crippen molar-refractivity contribution in [3.05, 3.63) is 51.6 Å². The molecule has 0 aliphatic heterocycles. The fourth-order valence-electron chi connectivity index (χ4n) is 1.47. The van der Waals surface area contributed by atoms with Gasteiger partial charge in [-0.05, 0) is 46.3 Å². The molecule has 0 radical (unpaired) electrons. The van der Waals surface area contributed by atoms with E-state index in [0.717, 1.165) is 4.47 Å². The molecular formula is C13H11BrClN3O. The van der Waals surface area contributed by atoms with Gasteiger partial charge in [0.25, 0.3) is 5.91 Å². The highest BCUT2D eigenvalue weighted by Gasteiger charge is 2.09. The minimum absolute atomic E-state index is 0.272. The Bertz CT molecular complexity index is 619. The second-order valence-electron chi connectivity index (χ2n) is 3.74. The molecule has 19 heavy (non-hydrogen) atoms. The van der Waals surface area contributed by atoms with Gasteiger partial charge in [0, 0.05) is 17.2 Å². The van der Waals surface area contributed by atoms with Crippen molar-refractivity contribution >= 4 is 44.9 Å². The first-order chi connectivity index (χ1) is 9.10. The maximum Gasteiger partial charge on any atom is 0.274 e. The molecule has 0 saturated carbocycles. The minimum atomic E-state index is -0.272. The number of pyridine rings is 1. The van der Waals surface area contributed by atoms with Crippen LogP contribution >= 0.6 is 27.5 Å². The monoisotopic (exact) mass is 339 g/mol. The number of aromatic nitrogens is 1. The molecule has 0 bridgehead atoms. The zero-order valence-corrected chi connectivity index (χ0v) is 12.4. The molecule has 1 aromatic heterocycles. The highest BCUT2D eigenvalue weighted by molar-refractivity contribution is 9.10. The molecule has 4 nitrogen and oxygen atoms in total. The second-order valence-corrected chi connectivity index (χ2v) is 5.00. The summed E-state index contributed by atoms with van der Waals surface area (Å²) in [5, 5.41) is 6.24. The summed E-state index contributed by atoms with van der Waals surface area (Å²) in [6.07, 6.45) is 0. The van der Waals surface area contributed by atoms with E-state index in [1.165, 1.54) is 0 Å². The number of hydrogen-bond donors (Lipinski definition) is 2. The number of benzene rings is 1. The molecule has 1 aromatic carbocycles. The summed E-state index contributed by atoms with van der Waals surface area (Å²) in [5.74, 6) is 0.372. The summed E-state index contributed by atoms with van der Waals surface area (Å²) >= 11 is 9.20. The molecule has 2 aromatic rings. The van der Waals surface area contributed by atoms with E-state index >= 15 is 0 Å². The molecule has 0 unspecified atom stereocenters. The molecule has 6 heteroatoms. The first kappa shape index (κ1) is 13.8. The first-order valence-corrected chi connectivity index (χ1v) is 6.68. The Hall–Kier alpha value is -1.59. The van der Waals surface area contributed by atoms with Crippen LogP contribution in [-0.4, -0.2) is 17.9 Å². The maximum atomic E-state index is 12.0. The zero-order chi connectivity index (χ0) is 13.8. The van der Waals surface area contributed by atoms with E-state index in [9.17, 15) is 4.79 Å². The summed E-state index contributed by atoms with van der Waals surface area (Å²) in [4.78, 5) is 16.2. The molecule has 0 atom stereocenters. The van der Waals surface area contributed by atoms with Crippen LogP contribution in [0.15, 0.2) is 40.9 Å². The van der Waals surface area contributed by atoms with E-state index in [2.05, 4.69) is 31.5 Å². The van der Waals surface area contributed by atoms with Gasteiger partial charge in [0.1, 0.15) is 11.5 Å². The van der Waals surface area contributed by atoms with E-state index < -0.39 is 0 Å². The summed E-state index contributed by atoms with van der Waals surface area (Å²) in [6, 6.07) is 10.4. The predicted molar refractivity (Wildman–Crippen MR) is 80.9 cm³/mol. The van der Waals surface area contributed by atoms with Crippen LogP contribution in [0.2, 0.25) is 5.02 Å². The summed E-state index contributed by atoms with van der Waals surface area (Å²) in [5.41, 5.74) is 0.996. The Balaban J connectivity index is 2.18. The fraction of sp³-hybridized carbons (Fsp3) is 0.0769. The highest BCUT2D eigenvalue weighted by atomic mass is 79.9. The Morgan fingerprint density at radius 1 is 1.32 bits per heavy atom. The molecule has 2 N–H and O–H groups in total. The quantitative estimate of drug-likeness (QED) is 0.894. The largest absolute Gasteiger partial charge is 0.373 e. The molecule has 1 heterocycles. The average Bonchev–Trinajstić information content (AvgIpc) is 2.43. The molecular weight excluding hydrogens is 330 g/mol. The van der Waals surface area contributed by atoms with Crippen LogP contribution in [0.3, 0.4) is 0 Å². The SMILES string of the molecule is CNc1cccc(C(=O)Nc2ccc(Cl)c(Br)c2)n1. The van der Waals surface area contributed by atoms with Crippen LogP contribution in [0, 0.1) is 0 Å². The summed E-state index contributed by atoms with van der Waals surface area (Å²) in [6.45, 7) is 0. The van der Waals surface area contributed by atoms with Crippen LogP contribution in [0.5, 0.6) is 0 Å². The van der Waals surface area contributed by atoms with Crippen molar-refractivity contribution in [2.24, 2.45) is 0 Å². The normalized spacial score (nSPS) is 10.1. The number of nitrogens with one attached hydrogen (secondary N) is 2. The highest BCUT2D eigenvalue weighted by Crippen LogP contribution is 2.25. The summed E-state index contributed by atoms with van der Waals surface area (Å²) in [7, 11) is 1.75. The van der Waals surface area contributed by atoms with Crippen molar-refractivity contribution < 1.29 is 4.79 Å². The Morgan fingerprint density at radius 2 is 2.11 bits per heavy atom. The predicted octanol–water partition coefficient (Wildman–Crippen LogP) is 3.79. The van der Waals surface area contributed by atoms with Crippen molar-refractivity contribution in [3.63, 3.8) is 0 Å². The number of rotatable bonds is 3. The van der Waals surface area contributed by atoms with Gasteiger partial charge in [0.2, 0.25) is 0 Å². The van der Waals surface area contributed by atoms with Crippen molar-refractivity contribution in [1.82, 2.24) is 4.98 Å². The lowest BCUT2D eigenvalue weighted by molar-refractivity contribution is 0.102. The van der Waals surface area contributed by atoms with Gasteiger partial charge in [0.05, 0.1) is 5.02 Å². The van der Waals surface area contributed by atoms with E-state index in [1.54, 1.807) is 43.4 Å². The minimum Gasteiger partial charge on any atom is -0.373 e. The third-order valence-corrected chi connectivity index (χ3v) is 3.63. The van der Waals surface area contributed by atoms with Crippen molar-refractivity contribution in [2.75, 3.05) is 17.7 Å². The number of anilines is 2. The number of carbonyl (C=O) groups excluding carboxylic acids is 1. The number of nitrogens with zero attached hydrogens (tertiary/aromatic N) is 1. The first-order valence-electron chi connectivity index (χ1n) is 5.51. The third-order valence-electron chi connectivity index (χ3n) is 2.42. The molecule has 0 saturated heterocycles. The topological polar surface area (TPSA) is 54.0 Å². The molecule has 0 aliphatic rings. The fourth-order valence-corrected chi connectivity index (χ4v) is 1.97. The Kier molecular flexibility index (Phi) is 4.39. The molecule has 0 fully saturated rings. The lowest BCUT2D eigenvalue weighted by Crippen LogP contribution is -2.14. The lowest BCUT2D eigenvalue weighted by Gasteiger charge is -2.07. The second kappa shape index (κ2) is 6.04. The van der Waals surface area contributed by atoms with E-state index in [4.69, 9.17) is 11.6 Å². The standard InChI is InChI=1S/C13H11BrClN3O/c1-16-12-4-2-3-11(18-12)13(19)17-8-5-6-10(15)9(14)7-8/h2-7H,1H3,(H,16,18)(H,17,19). The van der Waals surface area contributed by atoms with Gasteiger partial charge < -0.3 is 10.6 Å². The molecule has 0 spiro atoms. The molecule has 1 amide bonds. The number of halogens is 2. The Morgan fingerprint density at radius 3 is 2.79 bits per heavy atom. The van der Waals surface area contributed by atoms with Gasteiger partial charge >= 0.3 is 0 Å². The third kappa shape index (κ3) is 3.45. The molecule has 2 rings (SSSR count). The van der Waals surface area contributed by atoms with Crippen molar-refractivity contribution in [1.29, 1.82) is 0 Å². The van der Waals surface area contributed by atoms with Gasteiger partial charge in [-0.25, -0.2) is 4.98 Å². The van der Waals surface area contributed by atoms with Gasteiger partial charge in [-0.3, -0.25) is 4.79 Å². The van der Waals surface area contributed by atoms with Gasteiger partial charge in [-0.15, -0.1) is 0 Å². The van der Waals surface area contributed by atoms with E-state index in [0.29, 0.717) is 22.2 Å². The van der Waals surface area contributed by atoms with Crippen LogP contribution in [0.25, 0.3) is 0 Å². The van der Waals surface area contributed by atoms with Crippen molar-refractivity contribution in [3.8, 4) is 0 Å². The molecule has 0 aliphatic carbocycles. The van der Waals surface area contributed by atoms with Crippen LogP contribution in [0.1, 0.15) is 10.5 Å². The van der Waals surface area contributed by atoms with Crippen LogP contribution in [0.4, 0.5) is 11.5 Å². The summed E-state index contributed by atoms with van der Waals surface area (Å²) < 4.78 is 0.726. The number of hydrogen-bond acceptors (Lipinski definition) is 3. The van der Waals surface area contributed by atoms with Gasteiger partial charge in [-0.1, -0.05) is 17.7 Å². The van der Waals surface area contributed by atoms with Crippen LogP contribution in [-0.2, 0) is 0 Å². The van der Waals surface area contributed by atoms with Gasteiger partial charge in [0.15, 0.2) is 0 Å². The van der Waals surface area contributed by atoms with Gasteiger partial charge in [-0.2, -0.15) is 0 Å². The van der Waals surface area contributed by atoms with E-state index in [1.807, 2.05) is 0 Å².